The van der Waals surface area contributed by atoms with Crippen LogP contribution in [-0.2, 0) is 19.6 Å². The van der Waals surface area contributed by atoms with Crippen molar-refractivity contribution >= 4 is 11.6 Å². The number of halogens is 2. The zero-order valence-corrected chi connectivity index (χ0v) is 13.1. The third-order valence-corrected chi connectivity index (χ3v) is 3.54. The van der Waals surface area contributed by atoms with Gasteiger partial charge in [0.1, 0.15) is 5.82 Å². The van der Waals surface area contributed by atoms with Gasteiger partial charge < -0.3 is 10.2 Å². The molecule has 0 bridgehead atoms. The Kier molecular flexibility index (Phi) is 5.74. The van der Waals surface area contributed by atoms with Crippen molar-refractivity contribution in [1.82, 2.24) is 10.2 Å². The second kappa shape index (κ2) is 7.55. The van der Waals surface area contributed by atoms with E-state index < -0.39 is 0 Å². The fraction of sp³-hybridized carbons (Fsp3) is 0.294. The highest BCUT2D eigenvalue weighted by Gasteiger charge is 2.04. The number of nitrogens with one attached hydrogen (secondary N) is 1. The van der Waals surface area contributed by atoms with Crippen molar-refractivity contribution in [3.8, 4) is 0 Å². The Hall–Kier alpha value is -1.42. The van der Waals surface area contributed by atoms with E-state index in [1.165, 1.54) is 17.2 Å². The molecule has 0 aromatic heterocycles. The summed E-state index contributed by atoms with van der Waals surface area (Å²) in [6.07, 6.45) is 0. The maximum absolute atomic E-state index is 13.4. The van der Waals surface area contributed by atoms with E-state index >= 15 is 0 Å². The Morgan fingerprint density at radius 3 is 2.43 bits per heavy atom. The van der Waals surface area contributed by atoms with Crippen LogP contribution in [-0.4, -0.2) is 19.0 Å². The molecule has 2 nitrogen and oxygen atoms in total. The van der Waals surface area contributed by atoms with Gasteiger partial charge in [0.15, 0.2) is 0 Å². The van der Waals surface area contributed by atoms with Crippen molar-refractivity contribution in [1.29, 1.82) is 0 Å². The van der Waals surface area contributed by atoms with Gasteiger partial charge in [-0.15, -0.1) is 0 Å². The summed E-state index contributed by atoms with van der Waals surface area (Å²) in [5.74, 6) is -0.371. The van der Waals surface area contributed by atoms with E-state index in [1.54, 1.807) is 6.07 Å². The lowest BCUT2D eigenvalue weighted by Crippen LogP contribution is -2.17. The van der Waals surface area contributed by atoms with Crippen LogP contribution in [0.5, 0.6) is 0 Å². The van der Waals surface area contributed by atoms with Gasteiger partial charge in [0.05, 0.1) is 5.02 Å². The highest BCUT2D eigenvalue weighted by Crippen LogP contribution is 2.16. The molecule has 0 radical (unpaired) electrons. The lowest BCUT2D eigenvalue weighted by Gasteiger charge is -2.14. The highest BCUT2D eigenvalue weighted by molar-refractivity contribution is 6.30. The molecule has 0 aliphatic heterocycles. The molecular weight excluding hydrogens is 287 g/mol. The van der Waals surface area contributed by atoms with Crippen LogP contribution in [0.15, 0.2) is 42.5 Å². The SMILES string of the molecule is CN(C)Cc1ccccc1CNCc1ccc(Cl)c(F)c1. The van der Waals surface area contributed by atoms with Crippen LogP contribution in [0.3, 0.4) is 0 Å². The van der Waals surface area contributed by atoms with Crippen molar-refractivity contribution < 1.29 is 4.39 Å². The predicted octanol–water partition coefficient (Wildman–Crippen LogP) is 3.83. The lowest BCUT2D eigenvalue weighted by molar-refractivity contribution is 0.400. The molecule has 112 valence electrons. The maximum atomic E-state index is 13.4. The number of benzene rings is 2. The first-order valence-electron chi connectivity index (χ1n) is 6.92. The van der Waals surface area contributed by atoms with Crippen LogP contribution in [0.2, 0.25) is 5.02 Å². The minimum absolute atomic E-state index is 0.162. The smallest absolute Gasteiger partial charge is 0.142 e. The molecule has 0 atom stereocenters. The lowest BCUT2D eigenvalue weighted by atomic mass is 10.1. The van der Waals surface area contributed by atoms with E-state index in [-0.39, 0.29) is 10.8 Å². The fourth-order valence-corrected chi connectivity index (χ4v) is 2.33. The molecule has 2 aromatic carbocycles. The molecule has 2 aromatic rings. The summed E-state index contributed by atoms with van der Waals surface area (Å²) in [6, 6.07) is 13.3. The normalized spacial score (nSPS) is 11.1. The van der Waals surface area contributed by atoms with Crippen LogP contribution in [0, 0.1) is 5.82 Å². The zero-order valence-electron chi connectivity index (χ0n) is 12.4. The topological polar surface area (TPSA) is 15.3 Å². The number of rotatable bonds is 6. The minimum atomic E-state index is -0.371. The summed E-state index contributed by atoms with van der Waals surface area (Å²) in [4.78, 5) is 2.15. The standard InChI is InChI=1S/C17H20ClFN2/c1-21(2)12-15-6-4-3-5-14(15)11-20-10-13-7-8-16(18)17(19)9-13/h3-9,20H,10-12H2,1-2H3. The maximum Gasteiger partial charge on any atom is 0.142 e. The minimum Gasteiger partial charge on any atom is -0.309 e. The number of hydrogen-bond acceptors (Lipinski definition) is 2. The van der Waals surface area contributed by atoms with Gasteiger partial charge in [-0.25, -0.2) is 4.39 Å². The van der Waals surface area contributed by atoms with Gasteiger partial charge in [-0.05, 0) is 42.9 Å². The summed E-state index contributed by atoms with van der Waals surface area (Å²) >= 11 is 5.68. The van der Waals surface area contributed by atoms with E-state index in [4.69, 9.17) is 11.6 Å². The Morgan fingerprint density at radius 2 is 1.76 bits per heavy atom. The molecule has 0 heterocycles. The second-order valence-corrected chi connectivity index (χ2v) is 5.77. The predicted molar refractivity (Wildman–Crippen MR) is 85.8 cm³/mol. The van der Waals surface area contributed by atoms with E-state index in [0.717, 1.165) is 18.7 Å². The van der Waals surface area contributed by atoms with Crippen LogP contribution >= 0.6 is 11.6 Å². The van der Waals surface area contributed by atoms with Gasteiger partial charge in [0, 0.05) is 19.6 Å². The van der Waals surface area contributed by atoms with Crippen molar-refractivity contribution in [2.75, 3.05) is 14.1 Å². The molecule has 4 heteroatoms. The van der Waals surface area contributed by atoms with Gasteiger partial charge >= 0.3 is 0 Å². The van der Waals surface area contributed by atoms with Crippen LogP contribution in [0.25, 0.3) is 0 Å². The first-order valence-corrected chi connectivity index (χ1v) is 7.30. The van der Waals surface area contributed by atoms with Crippen LogP contribution in [0.1, 0.15) is 16.7 Å². The average Bonchev–Trinajstić information content (AvgIpc) is 2.44. The number of nitrogens with zero attached hydrogens (tertiary/aromatic N) is 1. The molecule has 1 N–H and O–H groups in total. The fourth-order valence-electron chi connectivity index (χ4n) is 2.22. The summed E-state index contributed by atoms with van der Waals surface area (Å²) in [5, 5.41) is 3.51. The molecule has 0 amide bonds. The summed E-state index contributed by atoms with van der Waals surface area (Å²) < 4.78 is 13.4. The summed E-state index contributed by atoms with van der Waals surface area (Å²) in [5.41, 5.74) is 3.46. The van der Waals surface area contributed by atoms with Crippen molar-refractivity contribution in [2.45, 2.75) is 19.6 Å². The summed E-state index contributed by atoms with van der Waals surface area (Å²) in [6.45, 7) is 2.28. The second-order valence-electron chi connectivity index (χ2n) is 5.36. The van der Waals surface area contributed by atoms with E-state index in [2.05, 4.69) is 42.5 Å². The number of hydrogen-bond donors (Lipinski definition) is 1. The molecule has 0 aliphatic carbocycles. The molecule has 0 saturated carbocycles. The van der Waals surface area contributed by atoms with E-state index in [0.29, 0.717) is 6.54 Å². The van der Waals surface area contributed by atoms with E-state index in [9.17, 15) is 4.39 Å². The average molecular weight is 307 g/mol. The van der Waals surface area contributed by atoms with E-state index in [1.807, 2.05) is 12.1 Å². The quantitative estimate of drug-likeness (QED) is 0.872. The molecule has 21 heavy (non-hydrogen) atoms. The Morgan fingerprint density at radius 1 is 1.05 bits per heavy atom. The largest absolute Gasteiger partial charge is 0.309 e. The molecule has 0 unspecified atom stereocenters. The van der Waals surface area contributed by atoms with Crippen molar-refractivity contribution in [3.05, 3.63) is 70.0 Å². The Bertz CT molecular complexity index is 599. The van der Waals surface area contributed by atoms with Crippen molar-refractivity contribution in [2.24, 2.45) is 0 Å². The van der Waals surface area contributed by atoms with Gasteiger partial charge in [-0.2, -0.15) is 0 Å². The Balaban J connectivity index is 1.95. The van der Waals surface area contributed by atoms with Crippen molar-refractivity contribution in [3.63, 3.8) is 0 Å². The summed E-state index contributed by atoms with van der Waals surface area (Å²) in [7, 11) is 4.11. The molecule has 0 aliphatic rings. The highest BCUT2D eigenvalue weighted by atomic mass is 35.5. The molecular formula is C17H20ClFN2. The van der Waals surface area contributed by atoms with Gasteiger partial charge in [0.2, 0.25) is 0 Å². The monoisotopic (exact) mass is 306 g/mol. The molecule has 0 fully saturated rings. The van der Waals surface area contributed by atoms with Gasteiger partial charge in [-0.3, -0.25) is 0 Å². The van der Waals surface area contributed by atoms with Gasteiger partial charge in [-0.1, -0.05) is 41.9 Å². The molecule has 0 spiro atoms. The molecule has 2 rings (SSSR count). The van der Waals surface area contributed by atoms with Crippen LogP contribution < -0.4 is 5.32 Å². The Labute approximate surface area is 130 Å². The molecule has 0 saturated heterocycles. The first kappa shape index (κ1) is 16.0. The third-order valence-electron chi connectivity index (χ3n) is 3.23. The van der Waals surface area contributed by atoms with Gasteiger partial charge in [0.25, 0.3) is 0 Å². The first-order chi connectivity index (χ1) is 10.1. The van der Waals surface area contributed by atoms with Crippen LogP contribution in [0.4, 0.5) is 4.39 Å². The zero-order chi connectivity index (χ0) is 15.2. The third kappa shape index (κ3) is 4.81.